The van der Waals surface area contributed by atoms with Crippen LogP contribution in [0.4, 0.5) is 0 Å². The van der Waals surface area contributed by atoms with Gasteiger partial charge in [-0.3, -0.25) is 4.79 Å². The largest absolute Gasteiger partial charge is 0.463 e. The molecule has 0 aromatic rings. The molecule has 2 N–H and O–H groups in total. The Morgan fingerprint density at radius 1 is 1.45 bits per heavy atom. The summed E-state index contributed by atoms with van der Waals surface area (Å²) in [6.07, 6.45) is -1.53. The second kappa shape index (κ2) is 3.19. The van der Waals surface area contributed by atoms with Crippen LogP contribution in [0.15, 0.2) is 0 Å². The lowest BCUT2D eigenvalue weighted by Crippen LogP contribution is -2.29. The van der Waals surface area contributed by atoms with E-state index in [2.05, 4.69) is 4.74 Å². The highest BCUT2D eigenvalue weighted by Gasteiger charge is 2.29. The van der Waals surface area contributed by atoms with Gasteiger partial charge in [-0.1, -0.05) is 6.92 Å². The Morgan fingerprint density at radius 2 is 2.09 bits per heavy atom. The quantitative estimate of drug-likeness (QED) is 0.459. The lowest BCUT2D eigenvalue weighted by Gasteiger charge is -2.17. The number of aliphatic hydroxyl groups excluding tert-OH is 2. The molecule has 64 valence electrons. The molecule has 3 atom stereocenters. The molecule has 1 fully saturated rings. The minimum absolute atomic E-state index is 0.00292. The van der Waals surface area contributed by atoms with E-state index in [1.54, 1.807) is 6.92 Å². The van der Waals surface area contributed by atoms with Crippen molar-refractivity contribution in [2.45, 2.75) is 25.6 Å². The monoisotopic (exact) mass is 160 g/mol. The Morgan fingerprint density at radius 3 is 2.73 bits per heavy atom. The predicted molar refractivity (Wildman–Crippen MR) is 36.8 cm³/mol. The Hall–Kier alpha value is -0.610. The fourth-order valence-corrected chi connectivity index (χ4v) is 1.00. The second-order valence-corrected chi connectivity index (χ2v) is 2.88. The number of carbonyl (C=O) groups excluding carboxylic acids is 1. The van der Waals surface area contributed by atoms with E-state index in [1.807, 2.05) is 0 Å². The van der Waals surface area contributed by atoms with Gasteiger partial charge >= 0.3 is 5.97 Å². The zero-order valence-electron chi connectivity index (χ0n) is 6.36. The molecule has 0 spiro atoms. The minimum atomic E-state index is -0.778. The second-order valence-electron chi connectivity index (χ2n) is 2.88. The summed E-state index contributed by atoms with van der Waals surface area (Å²) in [5, 5.41) is 18.4. The number of cyclic esters (lactones) is 1. The third-order valence-corrected chi connectivity index (χ3v) is 2.00. The molecule has 1 saturated heterocycles. The van der Waals surface area contributed by atoms with Crippen LogP contribution < -0.4 is 0 Å². The molecule has 4 heteroatoms. The fraction of sp³-hybridized carbons (Fsp3) is 0.857. The first kappa shape index (κ1) is 8.49. The maximum Gasteiger partial charge on any atom is 0.308 e. The van der Waals surface area contributed by atoms with Crippen molar-refractivity contribution in [3.63, 3.8) is 0 Å². The molecule has 0 amide bonds. The van der Waals surface area contributed by atoms with Gasteiger partial charge in [-0.25, -0.2) is 0 Å². The summed E-state index contributed by atoms with van der Waals surface area (Å²) in [6, 6.07) is 0. The fourth-order valence-electron chi connectivity index (χ4n) is 1.00. The van der Waals surface area contributed by atoms with Gasteiger partial charge in [0.25, 0.3) is 0 Å². The molecule has 1 aliphatic rings. The number of carbonyl (C=O) groups is 1. The van der Waals surface area contributed by atoms with E-state index in [9.17, 15) is 15.0 Å². The number of rotatable bonds is 0. The number of ether oxygens (including phenoxy) is 1. The van der Waals surface area contributed by atoms with Crippen molar-refractivity contribution in [2.24, 2.45) is 5.92 Å². The number of hydrogen-bond donors (Lipinski definition) is 2. The molecule has 0 saturated carbocycles. The van der Waals surface area contributed by atoms with Gasteiger partial charge in [0.05, 0.1) is 18.6 Å². The first-order chi connectivity index (χ1) is 5.11. The summed E-state index contributed by atoms with van der Waals surface area (Å²) in [7, 11) is 0. The molecule has 1 rings (SSSR count). The van der Waals surface area contributed by atoms with Crippen LogP contribution in [0, 0.1) is 5.92 Å². The van der Waals surface area contributed by atoms with E-state index in [4.69, 9.17) is 0 Å². The Labute approximate surface area is 64.8 Å². The molecular weight excluding hydrogens is 148 g/mol. The smallest absolute Gasteiger partial charge is 0.308 e. The van der Waals surface area contributed by atoms with Crippen LogP contribution in [0.3, 0.4) is 0 Å². The Bertz CT molecular complexity index is 157. The summed E-state index contributed by atoms with van der Waals surface area (Å²) in [6.45, 7) is 1.69. The maximum atomic E-state index is 10.7. The highest BCUT2D eigenvalue weighted by Crippen LogP contribution is 2.16. The van der Waals surface area contributed by atoms with Crippen molar-refractivity contribution in [3.05, 3.63) is 0 Å². The number of hydrogen-bond acceptors (Lipinski definition) is 4. The summed E-state index contributed by atoms with van der Waals surface area (Å²) >= 11 is 0. The first-order valence-corrected chi connectivity index (χ1v) is 3.63. The molecule has 1 heterocycles. The summed E-state index contributed by atoms with van der Waals surface area (Å²) < 4.78 is 4.61. The van der Waals surface area contributed by atoms with Crippen LogP contribution in [0.1, 0.15) is 13.3 Å². The van der Waals surface area contributed by atoms with Gasteiger partial charge in [0.2, 0.25) is 0 Å². The van der Waals surface area contributed by atoms with Crippen molar-refractivity contribution < 1.29 is 19.7 Å². The van der Waals surface area contributed by atoms with Gasteiger partial charge in [-0.2, -0.15) is 0 Å². The number of aliphatic hydroxyl groups is 2. The Balaban J connectivity index is 2.61. The average Bonchev–Trinajstić information content (AvgIpc) is 2.05. The van der Waals surface area contributed by atoms with Crippen LogP contribution in [-0.4, -0.2) is 35.0 Å². The first-order valence-electron chi connectivity index (χ1n) is 3.63. The van der Waals surface area contributed by atoms with Crippen molar-refractivity contribution in [1.29, 1.82) is 0 Å². The highest BCUT2D eigenvalue weighted by molar-refractivity contribution is 5.70. The molecule has 4 nitrogen and oxygen atoms in total. The van der Waals surface area contributed by atoms with E-state index in [-0.39, 0.29) is 18.9 Å². The van der Waals surface area contributed by atoms with Gasteiger partial charge in [-0.15, -0.1) is 0 Å². The van der Waals surface area contributed by atoms with Crippen molar-refractivity contribution in [3.8, 4) is 0 Å². The minimum Gasteiger partial charge on any atom is -0.463 e. The van der Waals surface area contributed by atoms with Crippen molar-refractivity contribution in [1.82, 2.24) is 0 Å². The lowest BCUT2D eigenvalue weighted by atomic mass is 9.97. The van der Waals surface area contributed by atoms with Gasteiger partial charge in [0, 0.05) is 5.92 Å². The third kappa shape index (κ3) is 1.91. The lowest BCUT2D eigenvalue weighted by molar-refractivity contribution is -0.145. The standard InChI is InChI=1S/C7H12O4/c1-4-5(8)2-7(10)11-3-6(4)9/h4-6,8-9H,2-3H2,1H3/t4-,5+,6-/m0/s1. The zero-order chi connectivity index (χ0) is 8.43. The molecule has 0 bridgehead atoms. The summed E-state index contributed by atoms with van der Waals surface area (Å²) in [5.74, 6) is -0.734. The van der Waals surface area contributed by atoms with E-state index >= 15 is 0 Å². The van der Waals surface area contributed by atoms with E-state index in [0.29, 0.717) is 0 Å². The SMILES string of the molecule is C[C@H]1[C@H](O)CC(=O)OC[C@@H]1O. The molecule has 1 aliphatic heterocycles. The molecule has 0 unspecified atom stereocenters. The van der Waals surface area contributed by atoms with Gasteiger partial charge < -0.3 is 14.9 Å². The van der Waals surface area contributed by atoms with Gasteiger partial charge in [0.1, 0.15) is 6.61 Å². The third-order valence-electron chi connectivity index (χ3n) is 2.00. The normalized spacial score (nSPS) is 39.5. The van der Waals surface area contributed by atoms with Gasteiger partial charge in [0.15, 0.2) is 0 Å². The summed E-state index contributed by atoms with van der Waals surface area (Å²) in [4.78, 5) is 10.7. The maximum absolute atomic E-state index is 10.7. The molecule has 0 aliphatic carbocycles. The van der Waals surface area contributed by atoms with Gasteiger partial charge in [-0.05, 0) is 0 Å². The summed E-state index contributed by atoms with van der Waals surface area (Å²) in [5.41, 5.74) is 0. The van der Waals surface area contributed by atoms with E-state index in [1.165, 1.54) is 0 Å². The molecule has 11 heavy (non-hydrogen) atoms. The molecule has 0 radical (unpaired) electrons. The van der Waals surface area contributed by atoms with Crippen LogP contribution in [0.25, 0.3) is 0 Å². The highest BCUT2D eigenvalue weighted by atomic mass is 16.5. The van der Waals surface area contributed by atoms with Crippen molar-refractivity contribution in [2.75, 3.05) is 6.61 Å². The zero-order valence-corrected chi connectivity index (χ0v) is 6.36. The van der Waals surface area contributed by atoms with Crippen LogP contribution >= 0.6 is 0 Å². The van der Waals surface area contributed by atoms with Crippen LogP contribution in [-0.2, 0) is 9.53 Å². The molecular formula is C7H12O4. The number of esters is 1. The topological polar surface area (TPSA) is 66.8 Å². The Kier molecular flexibility index (Phi) is 2.46. The van der Waals surface area contributed by atoms with E-state index < -0.39 is 18.2 Å². The van der Waals surface area contributed by atoms with Crippen molar-refractivity contribution >= 4 is 5.97 Å². The van der Waals surface area contributed by atoms with Crippen LogP contribution in [0.5, 0.6) is 0 Å². The van der Waals surface area contributed by atoms with Crippen LogP contribution in [0.2, 0.25) is 0 Å². The molecule has 0 aromatic heterocycles. The predicted octanol–water partition coefficient (Wildman–Crippen LogP) is -0.709. The van der Waals surface area contributed by atoms with E-state index in [0.717, 1.165) is 0 Å². The molecule has 0 aromatic carbocycles. The average molecular weight is 160 g/mol.